The van der Waals surface area contributed by atoms with E-state index in [0.29, 0.717) is 5.69 Å². The first kappa shape index (κ1) is 16.6. The molecule has 0 unspecified atom stereocenters. The Bertz CT molecular complexity index is 875. The lowest BCUT2D eigenvalue weighted by Crippen LogP contribution is -2.58. The van der Waals surface area contributed by atoms with Crippen molar-refractivity contribution in [2.75, 3.05) is 0 Å². The summed E-state index contributed by atoms with van der Waals surface area (Å²) in [6, 6.07) is 1.97. The second-order valence-electron chi connectivity index (χ2n) is 6.35. The van der Waals surface area contributed by atoms with Crippen LogP contribution in [-0.4, -0.2) is 51.4 Å². The average Bonchev–Trinajstić information content (AvgIpc) is 2.66. The number of aromatic nitrogens is 1. The summed E-state index contributed by atoms with van der Waals surface area (Å²) < 4.78 is 23.9. The molecule has 2 fully saturated rings. The van der Waals surface area contributed by atoms with Crippen molar-refractivity contribution in [3.8, 4) is 0 Å². The fourth-order valence-corrected chi connectivity index (χ4v) is 5.32. The average molecular weight is 351 g/mol. The van der Waals surface area contributed by atoms with E-state index in [1.54, 1.807) is 12.1 Å². The van der Waals surface area contributed by atoms with Gasteiger partial charge in [-0.2, -0.15) is 0 Å². The number of carbonyl (C=O) groups excluding carboxylic acids is 1. The summed E-state index contributed by atoms with van der Waals surface area (Å²) in [7, 11) is -3.87. The number of pyridine rings is 1. The highest BCUT2D eigenvalue weighted by Crippen LogP contribution is 2.48. The van der Waals surface area contributed by atoms with Gasteiger partial charge < -0.3 is 15.7 Å². The Labute approximate surface area is 138 Å². The molecule has 1 aromatic heterocycles. The van der Waals surface area contributed by atoms with Gasteiger partial charge in [0.1, 0.15) is 4.75 Å². The SMILES string of the molecule is CC1(C)[C@H](C(=O)O)N2C(=O)/C(=C/c3cc(CN)ccn3)[C@H]2S1(=O)=O. The van der Waals surface area contributed by atoms with Gasteiger partial charge in [0.2, 0.25) is 0 Å². The number of carboxylic acid groups (broad SMARTS) is 1. The fourth-order valence-electron chi connectivity index (χ4n) is 3.20. The molecular formula is C15H17N3O5S. The van der Waals surface area contributed by atoms with Crippen LogP contribution in [0.25, 0.3) is 6.08 Å². The Hall–Kier alpha value is -2.26. The molecule has 0 radical (unpaired) electrons. The monoisotopic (exact) mass is 351 g/mol. The maximum atomic E-state index is 12.7. The van der Waals surface area contributed by atoms with E-state index >= 15 is 0 Å². The lowest BCUT2D eigenvalue weighted by atomic mass is 9.95. The normalized spacial score (nSPS) is 28.5. The molecule has 0 aromatic carbocycles. The molecule has 2 aliphatic heterocycles. The van der Waals surface area contributed by atoms with Crippen LogP contribution in [0.15, 0.2) is 23.9 Å². The van der Waals surface area contributed by atoms with Gasteiger partial charge in [-0.15, -0.1) is 0 Å². The summed E-state index contributed by atoms with van der Waals surface area (Å²) in [5, 5.41) is 8.12. The predicted molar refractivity (Wildman–Crippen MR) is 85.2 cm³/mol. The zero-order valence-corrected chi connectivity index (χ0v) is 13.9. The molecule has 2 aliphatic rings. The number of aliphatic carboxylic acids is 1. The van der Waals surface area contributed by atoms with Gasteiger partial charge in [-0.1, -0.05) is 0 Å². The Morgan fingerprint density at radius 1 is 1.50 bits per heavy atom. The van der Waals surface area contributed by atoms with Crippen LogP contribution in [0, 0.1) is 0 Å². The van der Waals surface area contributed by atoms with Crippen molar-refractivity contribution in [1.82, 2.24) is 9.88 Å². The molecule has 3 heterocycles. The molecule has 1 aromatic rings. The van der Waals surface area contributed by atoms with Crippen LogP contribution in [0.2, 0.25) is 0 Å². The van der Waals surface area contributed by atoms with Gasteiger partial charge in [0.05, 0.1) is 11.3 Å². The quantitative estimate of drug-likeness (QED) is 0.567. The zero-order chi connectivity index (χ0) is 17.9. The highest BCUT2D eigenvalue weighted by atomic mass is 32.2. The number of amides is 1. The van der Waals surface area contributed by atoms with Crippen LogP contribution >= 0.6 is 0 Å². The van der Waals surface area contributed by atoms with Crippen molar-refractivity contribution >= 4 is 27.8 Å². The van der Waals surface area contributed by atoms with Gasteiger partial charge in [-0.25, -0.2) is 13.2 Å². The van der Waals surface area contributed by atoms with Crippen molar-refractivity contribution in [2.24, 2.45) is 5.73 Å². The molecule has 2 saturated heterocycles. The van der Waals surface area contributed by atoms with E-state index in [1.165, 1.54) is 26.1 Å². The summed E-state index contributed by atoms with van der Waals surface area (Å²) in [6.45, 7) is 2.95. The van der Waals surface area contributed by atoms with E-state index in [-0.39, 0.29) is 12.1 Å². The Morgan fingerprint density at radius 2 is 2.17 bits per heavy atom. The highest BCUT2D eigenvalue weighted by molar-refractivity contribution is 7.94. The van der Waals surface area contributed by atoms with Gasteiger partial charge in [0, 0.05) is 12.7 Å². The molecule has 1 amide bonds. The van der Waals surface area contributed by atoms with E-state index in [4.69, 9.17) is 5.73 Å². The van der Waals surface area contributed by atoms with Gasteiger partial charge in [-0.3, -0.25) is 9.78 Å². The Balaban J connectivity index is 2.08. The molecule has 9 heteroatoms. The summed E-state index contributed by atoms with van der Waals surface area (Å²) in [6.07, 6.45) is 2.91. The molecule has 0 bridgehead atoms. The van der Waals surface area contributed by atoms with Crippen molar-refractivity contribution in [3.05, 3.63) is 35.2 Å². The number of sulfone groups is 1. The maximum Gasteiger partial charge on any atom is 0.328 e. The Morgan fingerprint density at radius 3 is 2.75 bits per heavy atom. The minimum atomic E-state index is -3.87. The van der Waals surface area contributed by atoms with E-state index in [0.717, 1.165) is 10.5 Å². The van der Waals surface area contributed by atoms with Crippen LogP contribution in [0.1, 0.15) is 25.1 Å². The van der Waals surface area contributed by atoms with Crippen LogP contribution < -0.4 is 5.73 Å². The van der Waals surface area contributed by atoms with Gasteiger partial charge in [-0.05, 0) is 37.6 Å². The maximum absolute atomic E-state index is 12.7. The van der Waals surface area contributed by atoms with Crippen LogP contribution in [0.4, 0.5) is 0 Å². The van der Waals surface area contributed by atoms with Gasteiger partial charge >= 0.3 is 5.97 Å². The van der Waals surface area contributed by atoms with Crippen molar-refractivity contribution < 1.29 is 23.1 Å². The molecular weight excluding hydrogens is 334 g/mol. The second-order valence-corrected chi connectivity index (χ2v) is 8.94. The molecule has 0 aliphatic carbocycles. The molecule has 8 nitrogen and oxygen atoms in total. The van der Waals surface area contributed by atoms with E-state index in [2.05, 4.69) is 4.98 Å². The number of carboxylic acids is 1. The number of fused-ring (bicyclic) bond motifs is 1. The van der Waals surface area contributed by atoms with E-state index in [9.17, 15) is 23.1 Å². The number of carbonyl (C=O) groups is 2. The summed E-state index contributed by atoms with van der Waals surface area (Å²) in [5.41, 5.74) is 6.79. The third-order valence-electron chi connectivity index (χ3n) is 4.58. The molecule has 0 spiro atoms. The van der Waals surface area contributed by atoms with Crippen LogP contribution in [0.5, 0.6) is 0 Å². The molecule has 128 valence electrons. The number of nitrogens with zero attached hydrogens (tertiary/aromatic N) is 2. The van der Waals surface area contributed by atoms with E-state index in [1.807, 2.05) is 0 Å². The molecule has 24 heavy (non-hydrogen) atoms. The zero-order valence-electron chi connectivity index (χ0n) is 13.1. The number of hydrogen-bond donors (Lipinski definition) is 2. The second kappa shape index (κ2) is 5.12. The minimum Gasteiger partial charge on any atom is -0.480 e. The first-order chi connectivity index (χ1) is 11.1. The predicted octanol–water partition coefficient (Wildman–Crippen LogP) is -0.248. The minimum absolute atomic E-state index is 0.0356. The van der Waals surface area contributed by atoms with Crippen molar-refractivity contribution in [3.63, 3.8) is 0 Å². The first-order valence-electron chi connectivity index (χ1n) is 7.28. The van der Waals surface area contributed by atoms with Crippen LogP contribution in [-0.2, 0) is 26.0 Å². The standard InChI is InChI=1S/C15H17N3O5S/c1-15(2)11(14(20)21)18-12(19)10(13(18)24(15,22)23)6-9-5-8(7-16)3-4-17-9/h3-6,11,13H,7,16H2,1-2H3,(H,20,21)/b10-6-/t11-,13+/m0/s1. The first-order valence-corrected chi connectivity index (χ1v) is 8.83. The van der Waals surface area contributed by atoms with Gasteiger partial charge in [0.25, 0.3) is 5.91 Å². The fraction of sp³-hybridized carbons (Fsp3) is 0.400. The number of β-lactam (4-membered cyclic amide) rings is 1. The van der Waals surface area contributed by atoms with Crippen molar-refractivity contribution in [2.45, 2.75) is 36.6 Å². The number of nitrogens with two attached hydrogens (primary N) is 1. The molecule has 3 rings (SSSR count). The topological polar surface area (TPSA) is 131 Å². The molecule has 3 N–H and O–H groups in total. The lowest BCUT2D eigenvalue weighted by molar-refractivity contribution is -0.152. The Kier molecular flexibility index (Phi) is 3.54. The molecule has 2 atom stereocenters. The third-order valence-corrected chi connectivity index (χ3v) is 7.34. The van der Waals surface area contributed by atoms with Crippen LogP contribution in [0.3, 0.4) is 0 Å². The third kappa shape index (κ3) is 2.01. The van der Waals surface area contributed by atoms with Crippen molar-refractivity contribution in [1.29, 1.82) is 0 Å². The largest absolute Gasteiger partial charge is 0.480 e. The number of hydrogen-bond acceptors (Lipinski definition) is 6. The highest BCUT2D eigenvalue weighted by Gasteiger charge is 2.70. The van der Waals surface area contributed by atoms with Gasteiger partial charge in [0.15, 0.2) is 21.3 Å². The lowest BCUT2D eigenvalue weighted by Gasteiger charge is -2.37. The summed E-state index contributed by atoms with van der Waals surface area (Å²) >= 11 is 0. The summed E-state index contributed by atoms with van der Waals surface area (Å²) in [5.74, 6) is -1.93. The smallest absolute Gasteiger partial charge is 0.328 e. The molecule has 0 saturated carbocycles. The number of rotatable bonds is 3. The van der Waals surface area contributed by atoms with E-state index < -0.39 is 37.9 Å². The summed E-state index contributed by atoms with van der Waals surface area (Å²) in [4.78, 5) is 28.9.